The standard InChI is InChI=1S/C19H19I2NO4/c1-22(10-12-25-18(23)14-6-2-4-8-16(14)20)11-13-26-19(24)15-7-3-5-9-17(15)21/h2-9H,10-13H2,1H3. The molecule has 0 unspecified atom stereocenters. The second-order valence-corrected chi connectivity index (χ2v) is 7.86. The van der Waals surface area contributed by atoms with Gasteiger partial charge in [0, 0.05) is 20.2 Å². The number of esters is 2. The summed E-state index contributed by atoms with van der Waals surface area (Å²) in [7, 11) is 1.89. The molecule has 0 aliphatic heterocycles. The molecule has 0 aliphatic carbocycles. The molecule has 0 bridgehead atoms. The van der Waals surface area contributed by atoms with Gasteiger partial charge in [-0.25, -0.2) is 9.59 Å². The topological polar surface area (TPSA) is 55.8 Å². The Morgan fingerprint density at radius 3 is 1.58 bits per heavy atom. The summed E-state index contributed by atoms with van der Waals surface area (Å²) in [6.45, 7) is 1.70. The van der Waals surface area contributed by atoms with Crippen LogP contribution in [0.3, 0.4) is 0 Å². The number of rotatable bonds is 8. The lowest BCUT2D eigenvalue weighted by atomic mass is 10.2. The number of ether oxygens (including phenoxy) is 2. The molecule has 2 rings (SSSR count). The summed E-state index contributed by atoms with van der Waals surface area (Å²) in [6.07, 6.45) is 0. The van der Waals surface area contributed by atoms with E-state index in [0.717, 1.165) is 7.14 Å². The summed E-state index contributed by atoms with van der Waals surface area (Å²) in [5.41, 5.74) is 1.14. The van der Waals surface area contributed by atoms with E-state index in [2.05, 4.69) is 45.2 Å². The van der Waals surface area contributed by atoms with Crippen molar-refractivity contribution in [3.63, 3.8) is 0 Å². The monoisotopic (exact) mass is 579 g/mol. The maximum absolute atomic E-state index is 12.0. The molecule has 0 aromatic heterocycles. The highest BCUT2D eigenvalue weighted by molar-refractivity contribution is 14.1. The minimum Gasteiger partial charge on any atom is -0.461 e. The molecule has 0 radical (unpaired) electrons. The van der Waals surface area contributed by atoms with E-state index in [0.29, 0.717) is 24.2 Å². The third-order valence-corrected chi connectivity index (χ3v) is 5.48. The average Bonchev–Trinajstić information content (AvgIpc) is 2.62. The molecule has 2 aromatic rings. The minimum absolute atomic E-state index is 0.283. The van der Waals surface area contributed by atoms with E-state index in [1.807, 2.05) is 48.3 Å². The number of hydrogen-bond donors (Lipinski definition) is 0. The quantitative estimate of drug-likeness (QED) is 0.352. The molecule has 0 saturated heterocycles. The van der Waals surface area contributed by atoms with E-state index in [4.69, 9.17) is 9.47 Å². The number of nitrogens with zero attached hydrogens (tertiary/aromatic N) is 1. The van der Waals surface area contributed by atoms with Crippen LogP contribution in [-0.2, 0) is 9.47 Å². The van der Waals surface area contributed by atoms with Crippen LogP contribution in [-0.4, -0.2) is 50.2 Å². The van der Waals surface area contributed by atoms with Crippen LogP contribution in [0.5, 0.6) is 0 Å². The summed E-state index contributed by atoms with van der Waals surface area (Å²) < 4.78 is 12.3. The highest BCUT2D eigenvalue weighted by atomic mass is 127. The number of halogens is 2. The fourth-order valence-corrected chi connectivity index (χ4v) is 3.32. The number of benzene rings is 2. The minimum atomic E-state index is -0.325. The van der Waals surface area contributed by atoms with Gasteiger partial charge >= 0.3 is 11.9 Å². The van der Waals surface area contributed by atoms with Gasteiger partial charge in [0.2, 0.25) is 0 Å². The molecule has 0 atom stereocenters. The first-order valence-electron chi connectivity index (χ1n) is 8.01. The summed E-state index contributed by atoms with van der Waals surface area (Å²) in [5.74, 6) is -0.651. The molecular formula is C19H19I2NO4. The molecule has 7 heteroatoms. The molecule has 0 N–H and O–H groups in total. The number of carbonyl (C=O) groups excluding carboxylic acids is 2. The first-order valence-corrected chi connectivity index (χ1v) is 10.2. The molecule has 138 valence electrons. The van der Waals surface area contributed by atoms with Crippen LogP contribution in [0.25, 0.3) is 0 Å². The maximum Gasteiger partial charge on any atom is 0.339 e. The summed E-state index contributed by atoms with van der Waals surface area (Å²) in [6, 6.07) is 14.6. The van der Waals surface area contributed by atoms with Crippen molar-refractivity contribution in [2.45, 2.75) is 0 Å². The lowest BCUT2D eigenvalue weighted by Crippen LogP contribution is -2.28. The summed E-state index contributed by atoms with van der Waals surface area (Å²) in [4.78, 5) is 26.0. The van der Waals surface area contributed by atoms with E-state index in [1.165, 1.54) is 0 Å². The van der Waals surface area contributed by atoms with Crippen LogP contribution >= 0.6 is 45.2 Å². The van der Waals surface area contributed by atoms with Crippen LogP contribution in [0.1, 0.15) is 20.7 Å². The Hall–Kier alpha value is -1.20. The van der Waals surface area contributed by atoms with Crippen molar-refractivity contribution in [1.82, 2.24) is 4.90 Å². The van der Waals surface area contributed by atoms with Crippen molar-refractivity contribution in [3.05, 3.63) is 66.8 Å². The highest BCUT2D eigenvalue weighted by Crippen LogP contribution is 2.13. The zero-order valence-electron chi connectivity index (χ0n) is 14.3. The predicted molar refractivity (Wildman–Crippen MR) is 116 cm³/mol. The molecule has 5 nitrogen and oxygen atoms in total. The average molecular weight is 579 g/mol. The van der Waals surface area contributed by atoms with Gasteiger partial charge in [-0.1, -0.05) is 24.3 Å². The van der Waals surface area contributed by atoms with Crippen molar-refractivity contribution in [1.29, 1.82) is 0 Å². The molecule has 0 saturated carbocycles. The smallest absolute Gasteiger partial charge is 0.339 e. The Balaban J connectivity index is 1.67. The molecule has 0 heterocycles. The molecule has 0 fully saturated rings. The third kappa shape index (κ3) is 6.51. The van der Waals surface area contributed by atoms with Crippen molar-refractivity contribution in [2.24, 2.45) is 0 Å². The van der Waals surface area contributed by atoms with Crippen LogP contribution in [0.15, 0.2) is 48.5 Å². The Morgan fingerprint density at radius 1 is 0.808 bits per heavy atom. The van der Waals surface area contributed by atoms with Crippen LogP contribution in [0.2, 0.25) is 0 Å². The second-order valence-electron chi connectivity index (χ2n) is 5.53. The van der Waals surface area contributed by atoms with Gasteiger partial charge < -0.3 is 9.47 Å². The Morgan fingerprint density at radius 2 is 1.19 bits per heavy atom. The Labute approximate surface area is 180 Å². The van der Waals surface area contributed by atoms with Gasteiger partial charge in [-0.2, -0.15) is 0 Å². The predicted octanol–water partition coefficient (Wildman–Crippen LogP) is 3.84. The summed E-state index contributed by atoms with van der Waals surface area (Å²) >= 11 is 4.22. The van der Waals surface area contributed by atoms with E-state index in [1.54, 1.807) is 12.1 Å². The Kier molecular flexibility index (Phi) is 8.79. The number of likely N-dealkylation sites (N-methyl/N-ethyl adjacent to an activating group) is 1. The van der Waals surface area contributed by atoms with Crippen LogP contribution < -0.4 is 0 Å². The molecule has 0 amide bonds. The molecule has 0 spiro atoms. The van der Waals surface area contributed by atoms with Crippen molar-refractivity contribution < 1.29 is 19.1 Å². The van der Waals surface area contributed by atoms with Crippen LogP contribution in [0, 0.1) is 7.14 Å². The fourth-order valence-electron chi connectivity index (χ4n) is 2.11. The van der Waals surface area contributed by atoms with Crippen molar-refractivity contribution >= 4 is 57.1 Å². The zero-order valence-corrected chi connectivity index (χ0v) is 18.6. The van der Waals surface area contributed by atoms with E-state index in [9.17, 15) is 9.59 Å². The second kappa shape index (κ2) is 10.8. The van der Waals surface area contributed by atoms with Crippen molar-refractivity contribution in [2.75, 3.05) is 33.4 Å². The van der Waals surface area contributed by atoms with Gasteiger partial charge in [-0.15, -0.1) is 0 Å². The molecule has 26 heavy (non-hydrogen) atoms. The zero-order chi connectivity index (χ0) is 18.9. The van der Waals surface area contributed by atoms with E-state index >= 15 is 0 Å². The lowest BCUT2D eigenvalue weighted by molar-refractivity contribution is 0.0418. The first-order chi connectivity index (χ1) is 12.5. The SMILES string of the molecule is CN(CCOC(=O)c1ccccc1I)CCOC(=O)c1ccccc1I. The first kappa shape index (κ1) is 21.1. The maximum atomic E-state index is 12.0. The highest BCUT2D eigenvalue weighted by Gasteiger charge is 2.12. The molecular weight excluding hydrogens is 560 g/mol. The molecule has 2 aromatic carbocycles. The summed E-state index contributed by atoms with van der Waals surface area (Å²) in [5, 5.41) is 0. The Bertz CT molecular complexity index is 703. The van der Waals surface area contributed by atoms with Gasteiger partial charge in [0.15, 0.2) is 0 Å². The third-order valence-electron chi connectivity index (χ3n) is 3.60. The number of carbonyl (C=O) groups is 2. The van der Waals surface area contributed by atoms with Gasteiger partial charge in [0.25, 0.3) is 0 Å². The number of hydrogen-bond acceptors (Lipinski definition) is 5. The van der Waals surface area contributed by atoms with Crippen molar-refractivity contribution in [3.8, 4) is 0 Å². The van der Waals surface area contributed by atoms with E-state index < -0.39 is 0 Å². The van der Waals surface area contributed by atoms with Gasteiger partial charge in [-0.05, 0) is 76.5 Å². The molecule has 0 aliphatic rings. The van der Waals surface area contributed by atoms with E-state index in [-0.39, 0.29) is 25.2 Å². The van der Waals surface area contributed by atoms with Gasteiger partial charge in [0.1, 0.15) is 13.2 Å². The van der Waals surface area contributed by atoms with Gasteiger partial charge in [0.05, 0.1) is 11.1 Å². The normalized spacial score (nSPS) is 10.6. The lowest BCUT2D eigenvalue weighted by Gasteiger charge is -2.16. The fraction of sp³-hybridized carbons (Fsp3) is 0.263. The largest absolute Gasteiger partial charge is 0.461 e. The van der Waals surface area contributed by atoms with Crippen LogP contribution in [0.4, 0.5) is 0 Å². The van der Waals surface area contributed by atoms with Gasteiger partial charge in [-0.3, -0.25) is 4.90 Å².